The Hall–Kier alpha value is -4.45. The zero-order chi connectivity index (χ0) is 23.6. The van der Waals surface area contributed by atoms with E-state index in [1.807, 2.05) is 110 Å². The Morgan fingerprint density at radius 3 is 2.06 bits per heavy atom. The molecule has 0 aliphatic carbocycles. The maximum absolute atomic E-state index is 13.7. The number of carbonyl (C=O) groups is 1. The minimum Gasteiger partial charge on any atom is -0.339 e. The Morgan fingerprint density at radius 1 is 0.853 bits per heavy atom. The van der Waals surface area contributed by atoms with Crippen LogP contribution >= 0.6 is 0 Å². The van der Waals surface area contributed by atoms with Gasteiger partial charge < -0.3 is 15.5 Å². The third-order valence-corrected chi connectivity index (χ3v) is 5.15. The van der Waals surface area contributed by atoms with Gasteiger partial charge in [0.05, 0.1) is 0 Å². The van der Waals surface area contributed by atoms with Gasteiger partial charge in [-0.2, -0.15) is 4.98 Å². The predicted molar refractivity (Wildman–Crippen MR) is 137 cm³/mol. The van der Waals surface area contributed by atoms with Crippen molar-refractivity contribution in [3.63, 3.8) is 0 Å². The summed E-state index contributed by atoms with van der Waals surface area (Å²) in [4.78, 5) is 24.6. The largest absolute Gasteiger partial charge is 0.339 e. The number of amides is 1. The molecule has 34 heavy (non-hydrogen) atoms. The number of benzene rings is 3. The summed E-state index contributed by atoms with van der Waals surface area (Å²) in [6.07, 6.45) is 5.49. The van der Waals surface area contributed by atoms with Gasteiger partial charge in [-0.3, -0.25) is 4.79 Å². The first kappa shape index (κ1) is 22.7. The van der Waals surface area contributed by atoms with Crippen LogP contribution in [-0.2, 0) is 6.54 Å². The fourth-order valence-corrected chi connectivity index (χ4v) is 3.43. The van der Waals surface area contributed by atoms with Crippen molar-refractivity contribution in [3.05, 3.63) is 120 Å². The third-order valence-electron chi connectivity index (χ3n) is 5.15. The second-order valence-corrected chi connectivity index (χ2v) is 7.68. The molecular formula is C28H27N5O. The summed E-state index contributed by atoms with van der Waals surface area (Å²) in [7, 11) is 0. The van der Waals surface area contributed by atoms with Gasteiger partial charge in [0.2, 0.25) is 5.95 Å². The molecule has 1 amide bonds. The van der Waals surface area contributed by atoms with Crippen LogP contribution < -0.4 is 10.6 Å². The lowest BCUT2D eigenvalue weighted by molar-refractivity contribution is 0.0763. The molecule has 0 bridgehead atoms. The fourth-order valence-electron chi connectivity index (χ4n) is 3.43. The van der Waals surface area contributed by atoms with E-state index >= 15 is 0 Å². The Kier molecular flexibility index (Phi) is 7.64. The van der Waals surface area contributed by atoms with Crippen LogP contribution in [0.5, 0.6) is 0 Å². The van der Waals surface area contributed by atoms with Crippen molar-refractivity contribution in [1.29, 1.82) is 0 Å². The summed E-state index contributed by atoms with van der Waals surface area (Å²) in [5, 5.41) is 6.50. The molecule has 4 aromatic rings. The van der Waals surface area contributed by atoms with Gasteiger partial charge in [0.1, 0.15) is 11.4 Å². The normalized spacial score (nSPS) is 10.7. The summed E-state index contributed by atoms with van der Waals surface area (Å²) < 4.78 is 0. The molecule has 6 nitrogen and oxygen atoms in total. The first-order valence-electron chi connectivity index (χ1n) is 11.2. The van der Waals surface area contributed by atoms with Crippen LogP contribution in [0.15, 0.2) is 109 Å². The highest BCUT2D eigenvalue weighted by Gasteiger charge is 2.21. The standard InChI is InChI=1S/C28H27N5O/c1-2-3-19-33(21-22-13-7-4-8-14-22)27(34)25-20-29-28(31-24-17-11-6-12-18-24)32-26(25)30-23-15-9-5-10-16-23/h2-18,20H,19,21H2,1H3,(H2,29,30,31,32)/b3-2+. The second kappa shape index (κ2) is 11.4. The summed E-state index contributed by atoms with van der Waals surface area (Å²) in [5.74, 6) is 0.707. The average Bonchev–Trinajstić information content (AvgIpc) is 2.88. The lowest BCUT2D eigenvalue weighted by atomic mass is 10.2. The topological polar surface area (TPSA) is 70.2 Å². The van der Waals surface area contributed by atoms with E-state index in [2.05, 4.69) is 20.6 Å². The van der Waals surface area contributed by atoms with E-state index in [-0.39, 0.29) is 5.91 Å². The number of hydrogen-bond donors (Lipinski definition) is 2. The number of rotatable bonds is 9. The van der Waals surface area contributed by atoms with Crippen LogP contribution in [0.1, 0.15) is 22.8 Å². The van der Waals surface area contributed by atoms with Crippen molar-refractivity contribution in [1.82, 2.24) is 14.9 Å². The molecule has 0 fully saturated rings. The van der Waals surface area contributed by atoms with Crippen molar-refractivity contribution in [2.75, 3.05) is 17.2 Å². The maximum Gasteiger partial charge on any atom is 0.259 e. The van der Waals surface area contributed by atoms with E-state index in [9.17, 15) is 4.79 Å². The Labute approximate surface area is 200 Å². The minimum absolute atomic E-state index is 0.147. The van der Waals surface area contributed by atoms with Crippen molar-refractivity contribution in [2.45, 2.75) is 13.5 Å². The molecule has 0 unspecified atom stereocenters. The number of nitrogens with one attached hydrogen (secondary N) is 2. The Balaban J connectivity index is 1.67. The summed E-state index contributed by atoms with van der Waals surface area (Å²) in [6, 6.07) is 29.3. The number of nitrogens with zero attached hydrogens (tertiary/aromatic N) is 3. The van der Waals surface area contributed by atoms with Crippen LogP contribution in [-0.4, -0.2) is 27.3 Å². The van der Waals surface area contributed by atoms with Crippen LogP contribution in [0, 0.1) is 0 Å². The fraction of sp³-hybridized carbons (Fsp3) is 0.107. The van der Waals surface area contributed by atoms with Crippen molar-refractivity contribution in [2.24, 2.45) is 0 Å². The van der Waals surface area contributed by atoms with Gasteiger partial charge in [-0.25, -0.2) is 4.98 Å². The molecule has 0 radical (unpaired) electrons. The number of anilines is 4. The lowest BCUT2D eigenvalue weighted by Gasteiger charge is -2.23. The summed E-state index contributed by atoms with van der Waals surface area (Å²) in [5.41, 5.74) is 3.17. The monoisotopic (exact) mass is 449 g/mol. The molecule has 6 heteroatoms. The van der Waals surface area contributed by atoms with Crippen molar-refractivity contribution < 1.29 is 4.79 Å². The van der Waals surface area contributed by atoms with E-state index in [1.165, 1.54) is 0 Å². The van der Waals surface area contributed by atoms with Crippen LogP contribution in [0.2, 0.25) is 0 Å². The minimum atomic E-state index is -0.147. The SMILES string of the molecule is C/C=C/CN(Cc1ccccc1)C(=O)c1cnc(Nc2ccccc2)nc1Nc1ccccc1. The molecule has 2 N–H and O–H groups in total. The Morgan fingerprint density at radius 2 is 1.44 bits per heavy atom. The molecule has 1 aromatic heterocycles. The van der Waals surface area contributed by atoms with E-state index < -0.39 is 0 Å². The number of carbonyl (C=O) groups excluding carboxylic acids is 1. The number of hydrogen-bond acceptors (Lipinski definition) is 5. The van der Waals surface area contributed by atoms with E-state index in [1.54, 1.807) is 11.1 Å². The highest BCUT2D eigenvalue weighted by atomic mass is 16.2. The van der Waals surface area contributed by atoms with Gasteiger partial charge in [-0.05, 0) is 36.8 Å². The molecule has 0 saturated carbocycles. The quantitative estimate of drug-likeness (QED) is 0.299. The molecule has 1 heterocycles. The molecular weight excluding hydrogens is 422 g/mol. The van der Waals surface area contributed by atoms with E-state index in [0.717, 1.165) is 16.9 Å². The van der Waals surface area contributed by atoms with Gasteiger partial charge in [-0.15, -0.1) is 0 Å². The van der Waals surface area contributed by atoms with E-state index in [0.29, 0.717) is 30.4 Å². The van der Waals surface area contributed by atoms with Crippen molar-refractivity contribution >= 4 is 29.0 Å². The number of allylic oxidation sites excluding steroid dienone is 1. The summed E-state index contributed by atoms with van der Waals surface area (Å²) in [6.45, 7) is 2.92. The zero-order valence-corrected chi connectivity index (χ0v) is 19.1. The lowest BCUT2D eigenvalue weighted by Crippen LogP contribution is -2.31. The molecule has 170 valence electrons. The highest BCUT2D eigenvalue weighted by Crippen LogP contribution is 2.23. The number of aromatic nitrogens is 2. The first-order chi connectivity index (χ1) is 16.7. The number of para-hydroxylation sites is 2. The molecule has 0 spiro atoms. The van der Waals surface area contributed by atoms with Crippen LogP contribution in [0.25, 0.3) is 0 Å². The zero-order valence-electron chi connectivity index (χ0n) is 19.1. The molecule has 4 rings (SSSR count). The van der Waals surface area contributed by atoms with Crippen LogP contribution in [0.4, 0.5) is 23.1 Å². The molecule has 0 atom stereocenters. The molecule has 0 saturated heterocycles. The third kappa shape index (κ3) is 6.07. The van der Waals surface area contributed by atoms with E-state index in [4.69, 9.17) is 0 Å². The molecule has 3 aromatic carbocycles. The van der Waals surface area contributed by atoms with Gasteiger partial charge in [0.15, 0.2) is 0 Å². The molecule has 0 aliphatic heterocycles. The average molecular weight is 450 g/mol. The smallest absolute Gasteiger partial charge is 0.259 e. The van der Waals surface area contributed by atoms with Crippen molar-refractivity contribution in [3.8, 4) is 0 Å². The van der Waals surface area contributed by atoms with Gasteiger partial charge >= 0.3 is 0 Å². The van der Waals surface area contributed by atoms with Gasteiger partial charge in [0.25, 0.3) is 5.91 Å². The summed E-state index contributed by atoms with van der Waals surface area (Å²) >= 11 is 0. The molecule has 0 aliphatic rings. The van der Waals surface area contributed by atoms with Crippen LogP contribution in [0.3, 0.4) is 0 Å². The first-order valence-corrected chi connectivity index (χ1v) is 11.2. The predicted octanol–water partition coefficient (Wildman–Crippen LogP) is 6.18. The van der Waals surface area contributed by atoms with Gasteiger partial charge in [-0.1, -0.05) is 78.9 Å². The Bertz CT molecular complexity index is 1230. The van der Waals surface area contributed by atoms with Gasteiger partial charge in [0, 0.05) is 30.7 Å². The maximum atomic E-state index is 13.7. The second-order valence-electron chi connectivity index (χ2n) is 7.68. The highest BCUT2D eigenvalue weighted by molar-refractivity contribution is 5.99.